The third-order valence-electron chi connectivity index (χ3n) is 6.23. The van der Waals surface area contributed by atoms with Crippen LogP contribution in [0.1, 0.15) is 84.4 Å². The van der Waals surface area contributed by atoms with Gasteiger partial charge in [-0.25, -0.2) is 9.97 Å². The summed E-state index contributed by atoms with van der Waals surface area (Å²) in [4.78, 5) is 20.6. The first kappa shape index (κ1) is 17.2. The maximum atomic E-state index is 11.8. The van der Waals surface area contributed by atoms with Gasteiger partial charge in [0.15, 0.2) is 0 Å². The van der Waals surface area contributed by atoms with Crippen molar-refractivity contribution in [3.05, 3.63) is 52.3 Å². The molecular formula is C22H27N3O. The number of benzene rings is 1. The van der Waals surface area contributed by atoms with Crippen LogP contribution >= 0.6 is 0 Å². The zero-order valence-corrected chi connectivity index (χ0v) is 15.4. The van der Waals surface area contributed by atoms with Crippen molar-refractivity contribution in [1.29, 1.82) is 0 Å². The molecule has 0 spiro atoms. The smallest absolute Gasteiger partial charge is 0.220 e. The molecule has 2 unspecified atom stereocenters. The van der Waals surface area contributed by atoms with E-state index in [1.54, 1.807) is 0 Å². The molecule has 4 heteroatoms. The van der Waals surface area contributed by atoms with Gasteiger partial charge in [-0.2, -0.15) is 0 Å². The van der Waals surface area contributed by atoms with E-state index < -0.39 is 0 Å². The number of rotatable bonds is 3. The number of fused-ring (bicyclic) bond motifs is 1. The van der Waals surface area contributed by atoms with Crippen molar-refractivity contribution in [3.8, 4) is 0 Å². The number of nitrogen functional groups attached to an aromatic ring is 1. The van der Waals surface area contributed by atoms with Gasteiger partial charge in [0, 0.05) is 17.2 Å². The van der Waals surface area contributed by atoms with Crippen molar-refractivity contribution in [3.63, 3.8) is 0 Å². The van der Waals surface area contributed by atoms with E-state index in [-0.39, 0.29) is 5.92 Å². The van der Waals surface area contributed by atoms with Gasteiger partial charge in [-0.05, 0) is 55.6 Å². The lowest BCUT2D eigenvalue weighted by Gasteiger charge is -2.32. The van der Waals surface area contributed by atoms with E-state index in [2.05, 4.69) is 34.2 Å². The van der Waals surface area contributed by atoms with Crippen LogP contribution in [-0.4, -0.2) is 16.3 Å². The Hall–Kier alpha value is -2.23. The summed E-state index contributed by atoms with van der Waals surface area (Å²) in [6, 6.07) is 8.85. The zero-order chi connectivity index (χ0) is 18.1. The number of carbonyl (C=O) groups is 1. The Morgan fingerprint density at radius 3 is 2.42 bits per heavy atom. The second-order valence-corrected chi connectivity index (χ2v) is 7.87. The van der Waals surface area contributed by atoms with E-state index in [0.29, 0.717) is 17.8 Å². The SMILES string of the molecule is Cc1nc(N)nc2c1C(C=O)CC(c1ccccc1C1CCCCC1)C2. The fourth-order valence-electron chi connectivity index (χ4n) is 5.07. The summed E-state index contributed by atoms with van der Waals surface area (Å²) in [6.45, 7) is 1.93. The molecule has 26 heavy (non-hydrogen) atoms. The van der Waals surface area contributed by atoms with Gasteiger partial charge >= 0.3 is 0 Å². The molecule has 136 valence electrons. The van der Waals surface area contributed by atoms with Crippen LogP contribution in [0, 0.1) is 6.92 Å². The molecule has 4 nitrogen and oxygen atoms in total. The molecule has 0 radical (unpaired) electrons. The Bertz CT molecular complexity index is 811. The number of aldehydes is 1. The lowest BCUT2D eigenvalue weighted by molar-refractivity contribution is -0.109. The number of aromatic nitrogens is 2. The summed E-state index contributed by atoms with van der Waals surface area (Å²) in [5, 5.41) is 0. The van der Waals surface area contributed by atoms with Gasteiger partial charge in [-0.3, -0.25) is 0 Å². The summed E-state index contributed by atoms with van der Waals surface area (Å²) in [5.41, 5.74) is 11.6. The van der Waals surface area contributed by atoms with Crippen LogP contribution < -0.4 is 5.73 Å². The van der Waals surface area contributed by atoms with Crippen molar-refractivity contribution in [1.82, 2.24) is 9.97 Å². The predicted octanol–water partition coefficient (Wildman–Crippen LogP) is 4.43. The Balaban J connectivity index is 1.72. The molecule has 1 aromatic heterocycles. The van der Waals surface area contributed by atoms with E-state index in [9.17, 15) is 4.79 Å². The molecule has 2 atom stereocenters. The molecule has 1 aromatic carbocycles. The Morgan fingerprint density at radius 1 is 1.04 bits per heavy atom. The highest BCUT2D eigenvalue weighted by Gasteiger charge is 2.32. The van der Waals surface area contributed by atoms with E-state index in [4.69, 9.17) is 5.73 Å². The van der Waals surface area contributed by atoms with E-state index in [1.165, 1.54) is 43.2 Å². The van der Waals surface area contributed by atoms with Crippen molar-refractivity contribution in [2.24, 2.45) is 0 Å². The Kier molecular flexibility index (Phi) is 4.75. The predicted molar refractivity (Wildman–Crippen MR) is 103 cm³/mol. The molecule has 1 saturated carbocycles. The number of hydrogen-bond donors (Lipinski definition) is 1. The van der Waals surface area contributed by atoms with Crippen molar-refractivity contribution >= 4 is 12.2 Å². The van der Waals surface area contributed by atoms with Gasteiger partial charge < -0.3 is 10.5 Å². The van der Waals surface area contributed by atoms with Gasteiger partial charge in [0.2, 0.25) is 5.95 Å². The molecule has 1 heterocycles. The van der Waals surface area contributed by atoms with Gasteiger partial charge in [-0.15, -0.1) is 0 Å². The fraction of sp³-hybridized carbons (Fsp3) is 0.500. The minimum absolute atomic E-state index is 0.135. The maximum Gasteiger partial charge on any atom is 0.220 e. The fourth-order valence-corrected chi connectivity index (χ4v) is 5.07. The molecule has 2 aliphatic carbocycles. The normalized spacial score (nSPS) is 23.4. The molecule has 2 aliphatic rings. The number of nitrogens with two attached hydrogens (primary N) is 1. The number of aryl methyl sites for hydroxylation is 1. The van der Waals surface area contributed by atoms with Crippen LogP contribution in [0.2, 0.25) is 0 Å². The van der Waals surface area contributed by atoms with Crippen LogP contribution in [-0.2, 0) is 11.2 Å². The second-order valence-electron chi connectivity index (χ2n) is 7.87. The first-order chi connectivity index (χ1) is 12.7. The van der Waals surface area contributed by atoms with Crippen molar-refractivity contribution < 1.29 is 4.79 Å². The summed E-state index contributed by atoms with van der Waals surface area (Å²) < 4.78 is 0. The summed E-state index contributed by atoms with van der Waals surface area (Å²) in [6.07, 6.45) is 9.33. The third-order valence-corrected chi connectivity index (χ3v) is 6.23. The standard InChI is InChI=1S/C22H27N3O/c1-14-21-17(13-26)11-16(12-20(21)25-22(23)24-14)19-10-6-5-9-18(19)15-7-3-2-4-8-15/h5-6,9-10,13,15-17H,2-4,7-8,11-12H2,1H3,(H2,23,24,25). The number of nitrogens with zero attached hydrogens (tertiary/aromatic N) is 2. The molecule has 0 amide bonds. The van der Waals surface area contributed by atoms with E-state index in [0.717, 1.165) is 36.1 Å². The summed E-state index contributed by atoms with van der Waals surface area (Å²) >= 11 is 0. The summed E-state index contributed by atoms with van der Waals surface area (Å²) in [7, 11) is 0. The Morgan fingerprint density at radius 2 is 1.73 bits per heavy atom. The third kappa shape index (κ3) is 3.13. The van der Waals surface area contributed by atoms with Crippen molar-refractivity contribution in [2.45, 2.75) is 69.6 Å². The lowest BCUT2D eigenvalue weighted by atomic mass is 9.72. The number of anilines is 1. The average molecular weight is 349 g/mol. The highest BCUT2D eigenvalue weighted by molar-refractivity contribution is 5.65. The molecular weight excluding hydrogens is 322 g/mol. The van der Waals surface area contributed by atoms with Gasteiger partial charge in [0.25, 0.3) is 0 Å². The Labute approximate surface area is 155 Å². The monoisotopic (exact) mass is 349 g/mol. The minimum Gasteiger partial charge on any atom is -0.368 e. The lowest BCUT2D eigenvalue weighted by Crippen LogP contribution is -2.23. The van der Waals surface area contributed by atoms with Crippen LogP contribution in [0.15, 0.2) is 24.3 Å². The molecule has 2 aromatic rings. The zero-order valence-electron chi connectivity index (χ0n) is 15.4. The quantitative estimate of drug-likeness (QED) is 0.833. The van der Waals surface area contributed by atoms with Crippen molar-refractivity contribution in [2.75, 3.05) is 5.73 Å². The highest BCUT2D eigenvalue weighted by atomic mass is 16.1. The second kappa shape index (κ2) is 7.18. The van der Waals surface area contributed by atoms with Crippen LogP contribution in [0.25, 0.3) is 0 Å². The number of hydrogen-bond acceptors (Lipinski definition) is 4. The largest absolute Gasteiger partial charge is 0.368 e. The van der Waals surface area contributed by atoms with E-state index in [1.807, 2.05) is 6.92 Å². The van der Waals surface area contributed by atoms with Gasteiger partial charge in [-0.1, -0.05) is 43.5 Å². The van der Waals surface area contributed by atoms with Gasteiger partial charge in [0.1, 0.15) is 6.29 Å². The topological polar surface area (TPSA) is 68.9 Å². The molecule has 1 fully saturated rings. The highest BCUT2D eigenvalue weighted by Crippen LogP contribution is 2.43. The molecule has 4 rings (SSSR count). The van der Waals surface area contributed by atoms with Crippen LogP contribution in [0.5, 0.6) is 0 Å². The maximum absolute atomic E-state index is 11.8. The molecule has 0 aliphatic heterocycles. The summed E-state index contributed by atoms with van der Waals surface area (Å²) in [5.74, 6) is 1.16. The number of carbonyl (C=O) groups excluding carboxylic acids is 1. The molecule has 0 saturated heterocycles. The van der Waals surface area contributed by atoms with Gasteiger partial charge in [0.05, 0.1) is 5.69 Å². The van der Waals surface area contributed by atoms with Crippen LogP contribution in [0.4, 0.5) is 5.95 Å². The molecule has 2 N–H and O–H groups in total. The minimum atomic E-state index is -0.135. The molecule has 0 bridgehead atoms. The first-order valence-electron chi connectivity index (χ1n) is 9.84. The first-order valence-corrected chi connectivity index (χ1v) is 9.84. The van der Waals surface area contributed by atoms with E-state index >= 15 is 0 Å². The van der Waals surface area contributed by atoms with Crippen LogP contribution in [0.3, 0.4) is 0 Å². The average Bonchev–Trinajstić information content (AvgIpc) is 2.67.